The minimum atomic E-state index is -0.0231. The monoisotopic (exact) mass is 472 g/mol. The van der Waals surface area contributed by atoms with E-state index in [0.717, 1.165) is 47.8 Å². The van der Waals surface area contributed by atoms with Gasteiger partial charge in [0.05, 0.1) is 10.2 Å². The van der Waals surface area contributed by atoms with Gasteiger partial charge in [0.1, 0.15) is 0 Å². The van der Waals surface area contributed by atoms with Crippen LogP contribution in [0, 0.1) is 13.8 Å². The number of aryl methyl sites for hydroxylation is 2. The van der Waals surface area contributed by atoms with Crippen LogP contribution in [0.1, 0.15) is 21.5 Å². The number of benzene rings is 2. The van der Waals surface area contributed by atoms with E-state index in [9.17, 15) is 4.79 Å². The van der Waals surface area contributed by atoms with Crippen LogP contribution >= 0.6 is 27.3 Å². The SMILES string of the molecule is Cc1cc(C)c2nc(N3CCN(CCNC(=O)c4cccc(Br)c4)CC3)sc2c1. The molecule has 0 radical (unpaired) electrons. The Balaban J connectivity index is 1.27. The smallest absolute Gasteiger partial charge is 0.251 e. The van der Waals surface area contributed by atoms with Crippen molar-refractivity contribution in [2.45, 2.75) is 13.8 Å². The van der Waals surface area contributed by atoms with Crippen LogP contribution in [-0.2, 0) is 0 Å². The molecule has 1 aliphatic rings. The van der Waals surface area contributed by atoms with E-state index in [1.807, 2.05) is 24.3 Å². The highest BCUT2D eigenvalue weighted by Crippen LogP contribution is 2.32. The number of halogens is 1. The average molecular weight is 473 g/mol. The topological polar surface area (TPSA) is 48.5 Å². The lowest BCUT2D eigenvalue weighted by molar-refractivity contribution is 0.0947. The summed E-state index contributed by atoms with van der Waals surface area (Å²) in [6.07, 6.45) is 0. The number of rotatable bonds is 5. The normalized spacial score (nSPS) is 15.1. The first-order valence-electron chi connectivity index (χ1n) is 9.88. The van der Waals surface area contributed by atoms with Gasteiger partial charge in [0, 0.05) is 49.3 Å². The minimum absolute atomic E-state index is 0.0231. The molecular weight excluding hydrogens is 448 g/mol. The summed E-state index contributed by atoms with van der Waals surface area (Å²) in [6.45, 7) is 9.71. The fourth-order valence-corrected chi connectivity index (χ4v) is 5.31. The molecule has 2 aromatic carbocycles. The second-order valence-electron chi connectivity index (χ2n) is 7.52. The predicted molar refractivity (Wildman–Crippen MR) is 124 cm³/mol. The third-order valence-corrected chi connectivity index (χ3v) is 6.82. The summed E-state index contributed by atoms with van der Waals surface area (Å²) in [6, 6.07) is 11.9. The van der Waals surface area contributed by atoms with Crippen LogP contribution in [0.2, 0.25) is 0 Å². The van der Waals surface area contributed by atoms with Crippen molar-refractivity contribution in [1.29, 1.82) is 0 Å². The van der Waals surface area contributed by atoms with Gasteiger partial charge in [-0.3, -0.25) is 9.69 Å². The van der Waals surface area contributed by atoms with Gasteiger partial charge >= 0.3 is 0 Å². The summed E-state index contributed by atoms with van der Waals surface area (Å²) >= 11 is 5.20. The van der Waals surface area contributed by atoms with E-state index >= 15 is 0 Å². The number of hydrogen-bond donors (Lipinski definition) is 1. The summed E-state index contributed by atoms with van der Waals surface area (Å²) in [7, 11) is 0. The Morgan fingerprint density at radius 2 is 1.97 bits per heavy atom. The largest absolute Gasteiger partial charge is 0.351 e. The first kappa shape index (κ1) is 20.3. The zero-order valence-corrected chi connectivity index (χ0v) is 19.1. The van der Waals surface area contributed by atoms with Crippen molar-refractivity contribution in [3.63, 3.8) is 0 Å². The van der Waals surface area contributed by atoms with Gasteiger partial charge in [0.2, 0.25) is 0 Å². The molecule has 1 N–H and O–H groups in total. The lowest BCUT2D eigenvalue weighted by Crippen LogP contribution is -2.48. The number of carbonyl (C=O) groups excluding carboxylic acids is 1. The van der Waals surface area contributed by atoms with Crippen LogP contribution in [0.4, 0.5) is 5.13 Å². The quantitative estimate of drug-likeness (QED) is 0.603. The summed E-state index contributed by atoms with van der Waals surface area (Å²) in [5.41, 5.74) is 4.36. The fraction of sp³-hybridized carbons (Fsp3) is 0.364. The number of nitrogens with zero attached hydrogens (tertiary/aromatic N) is 3. The molecule has 5 nitrogen and oxygen atoms in total. The Morgan fingerprint density at radius 3 is 2.72 bits per heavy atom. The Morgan fingerprint density at radius 1 is 1.17 bits per heavy atom. The second-order valence-corrected chi connectivity index (χ2v) is 9.44. The first-order valence-corrected chi connectivity index (χ1v) is 11.5. The molecule has 0 atom stereocenters. The van der Waals surface area contributed by atoms with Crippen LogP contribution < -0.4 is 10.2 Å². The highest BCUT2D eigenvalue weighted by Gasteiger charge is 2.20. The Hall–Kier alpha value is -1.96. The van der Waals surface area contributed by atoms with Gasteiger partial charge < -0.3 is 10.2 Å². The van der Waals surface area contributed by atoms with E-state index in [1.165, 1.54) is 15.8 Å². The molecule has 7 heteroatoms. The van der Waals surface area contributed by atoms with E-state index < -0.39 is 0 Å². The van der Waals surface area contributed by atoms with Crippen molar-refractivity contribution in [2.24, 2.45) is 0 Å². The number of nitrogens with one attached hydrogen (secondary N) is 1. The van der Waals surface area contributed by atoms with Gasteiger partial charge in [0.25, 0.3) is 5.91 Å². The standard InChI is InChI=1S/C22H25BrN4OS/c1-15-12-16(2)20-19(13-15)29-22(25-20)27-10-8-26(9-11-27)7-6-24-21(28)17-4-3-5-18(23)14-17/h3-5,12-14H,6-11H2,1-2H3,(H,24,28). The molecule has 1 fully saturated rings. The summed E-state index contributed by atoms with van der Waals surface area (Å²) in [5.74, 6) is -0.0231. The van der Waals surface area contributed by atoms with Crippen molar-refractivity contribution in [2.75, 3.05) is 44.2 Å². The molecule has 1 aromatic heterocycles. The highest BCUT2D eigenvalue weighted by atomic mass is 79.9. The molecule has 0 unspecified atom stereocenters. The van der Waals surface area contributed by atoms with Gasteiger partial charge in [0.15, 0.2) is 5.13 Å². The number of thiazole rings is 1. The van der Waals surface area contributed by atoms with Crippen molar-refractivity contribution < 1.29 is 4.79 Å². The van der Waals surface area contributed by atoms with Gasteiger partial charge in [-0.2, -0.15) is 0 Å². The van der Waals surface area contributed by atoms with E-state index in [2.05, 4.69) is 57.0 Å². The first-order chi connectivity index (χ1) is 14.0. The van der Waals surface area contributed by atoms with Crippen molar-refractivity contribution in [1.82, 2.24) is 15.2 Å². The fourth-order valence-electron chi connectivity index (χ4n) is 3.72. The molecule has 29 heavy (non-hydrogen) atoms. The number of amides is 1. The Labute approximate surface area is 183 Å². The number of fused-ring (bicyclic) bond motifs is 1. The van der Waals surface area contributed by atoms with Crippen LogP contribution in [0.15, 0.2) is 40.9 Å². The molecule has 0 bridgehead atoms. The minimum Gasteiger partial charge on any atom is -0.351 e. The molecule has 0 aliphatic carbocycles. The number of piperazine rings is 1. The number of aromatic nitrogens is 1. The summed E-state index contributed by atoms with van der Waals surface area (Å²) < 4.78 is 2.19. The zero-order chi connectivity index (χ0) is 20.4. The summed E-state index contributed by atoms with van der Waals surface area (Å²) in [4.78, 5) is 21.9. The molecule has 3 aromatic rings. The Bertz CT molecular complexity index is 1030. The zero-order valence-electron chi connectivity index (χ0n) is 16.7. The molecule has 1 amide bonds. The summed E-state index contributed by atoms with van der Waals surface area (Å²) in [5, 5.41) is 4.14. The molecule has 0 spiro atoms. The predicted octanol–water partition coefficient (Wildman–Crippen LogP) is 4.23. The van der Waals surface area contributed by atoms with Gasteiger partial charge in [-0.25, -0.2) is 4.98 Å². The van der Waals surface area contributed by atoms with Crippen molar-refractivity contribution in [3.05, 3.63) is 57.6 Å². The lowest BCUT2D eigenvalue weighted by atomic mass is 10.1. The maximum atomic E-state index is 12.2. The number of anilines is 1. The number of carbonyl (C=O) groups is 1. The van der Waals surface area contributed by atoms with E-state index in [-0.39, 0.29) is 5.91 Å². The van der Waals surface area contributed by atoms with E-state index in [4.69, 9.17) is 4.98 Å². The maximum Gasteiger partial charge on any atom is 0.251 e. The second kappa shape index (κ2) is 8.81. The van der Waals surface area contributed by atoms with Gasteiger partial charge in [-0.15, -0.1) is 0 Å². The Kier molecular flexibility index (Phi) is 6.18. The highest BCUT2D eigenvalue weighted by molar-refractivity contribution is 9.10. The molecule has 1 aliphatic heterocycles. The van der Waals surface area contributed by atoms with Gasteiger partial charge in [-0.1, -0.05) is 39.4 Å². The van der Waals surface area contributed by atoms with Crippen molar-refractivity contribution >= 4 is 48.5 Å². The van der Waals surface area contributed by atoms with Gasteiger partial charge in [-0.05, 0) is 49.2 Å². The molecule has 4 rings (SSSR count). The number of hydrogen-bond acceptors (Lipinski definition) is 5. The van der Waals surface area contributed by atoms with E-state index in [0.29, 0.717) is 12.1 Å². The third-order valence-electron chi connectivity index (χ3n) is 5.26. The lowest BCUT2D eigenvalue weighted by Gasteiger charge is -2.34. The molecular formula is C22H25BrN4OS. The third kappa shape index (κ3) is 4.79. The van der Waals surface area contributed by atoms with Crippen LogP contribution in [0.5, 0.6) is 0 Å². The van der Waals surface area contributed by atoms with Crippen LogP contribution in [0.3, 0.4) is 0 Å². The van der Waals surface area contributed by atoms with Crippen molar-refractivity contribution in [3.8, 4) is 0 Å². The van der Waals surface area contributed by atoms with Crippen LogP contribution in [-0.4, -0.2) is 55.1 Å². The molecule has 152 valence electrons. The molecule has 2 heterocycles. The molecule has 1 saturated heterocycles. The van der Waals surface area contributed by atoms with E-state index in [1.54, 1.807) is 11.3 Å². The van der Waals surface area contributed by atoms with Crippen LogP contribution in [0.25, 0.3) is 10.2 Å². The maximum absolute atomic E-state index is 12.2. The molecule has 0 saturated carbocycles. The average Bonchev–Trinajstić information content (AvgIpc) is 3.13.